The molecule has 0 fully saturated rings. The first-order valence-electron chi connectivity index (χ1n) is 4.37. The van der Waals surface area contributed by atoms with E-state index in [0.717, 1.165) is 12.8 Å². The Morgan fingerprint density at radius 3 is 2.53 bits per heavy atom. The van der Waals surface area contributed by atoms with E-state index in [4.69, 9.17) is 5.84 Å². The molecular weight excluding hydrogens is 229 g/mol. The van der Waals surface area contributed by atoms with Crippen LogP contribution in [0.1, 0.15) is 25.6 Å². The van der Waals surface area contributed by atoms with Gasteiger partial charge in [0, 0.05) is 5.75 Å². The number of alkyl halides is 3. The molecule has 0 bridgehead atoms. The van der Waals surface area contributed by atoms with Crippen LogP contribution in [0, 0.1) is 0 Å². The van der Waals surface area contributed by atoms with Gasteiger partial charge in [0.15, 0.2) is 0 Å². The monoisotopic (exact) mass is 240 g/mol. The van der Waals surface area contributed by atoms with Gasteiger partial charge in [-0.3, -0.25) is 0 Å². The lowest BCUT2D eigenvalue weighted by atomic mass is 10.4. The summed E-state index contributed by atoms with van der Waals surface area (Å²) in [6, 6.07) is 0. The molecule has 0 aromatic carbocycles. The van der Waals surface area contributed by atoms with Gasteiger partial charge in [0.1, 0.15) is 0 Å². The van der Waals surface area contributed by atoms with Crippen molar-refractivity contribution in [2.75, 3.05) is 11.6 Å². The van der Waals surface area contributed by atoms with Crippen molar-refractivity contribution in [3.8, 4) is 0 Å². The number of nitrogens with zero attached hydrogens (tertiary/aromatic N) is 3. The van der Waals surface area contributed by atoms with E-state index in [-0.39, 0.29) is 5.16 Å². The average Bonchev–Trinajstić information content (AvgIpc) is 2.47. The van der Waals surface area contributed by atoms with Gasteiger partial charge < -0.3 is 5.84 Å². The Balaban J connectivity index is 2.72. The van der Waals surface area contributed by atoms with Crippen molar-refractivity contribution < 1.29 is 13.2 Å². The van der Waals surface area contributed by atoms with E-state index in [1.807, 2.05) is 6.92 Å². The molecule has 1 aromatic heterocycles. The summed E-state index contributed by atoms with van der Waals surface area (Å²) < 4.78 is 37.2. The Morgan fingerprint density at radius 1 is 1.40 bits per heavy atom. The molecule has 1 aromatic rings. The minimum Gasteiger partial charge on any atom is -0.335 e. The summed E-state index contributed by atoms with van der Waals surface area (Å²) >= 11 is 1.17. The van der Waals surface area contributed by atoms with Crippen molar-refractivity contribution in [3.05, 3.63) is 5.82 Å². The molecule has 0 aliphatic carbocycles. The molecule has 0 atom stereocenters. The van der Waals surface area contributed by atoms with Crippen molar-refractivity contribution in [3.63, 3.8) is 0 Å². The van der Waals surface area contributed by atoms with Gasteiger partial charge in [-0.25, -0.2) is 4.68 Å². The van der Waals surface area contributed by atoms with Gasteiger partial charge in [-0.05, 0) is 6.42 Å². The summed E-state index contributed by atoms with van der Waals surface area (Å²) in [5.41, 5.74) is 0. The number of aromatic nitrogens is 3. The van der Waals surface area contributed by atoms with E-state index < -0.39 is 12.0 Å². The van der Waals surface area contributed by atoms with Gasteiger partial charge in [-0.1, -0.05) is 25.1 Å². The summed E-state index contributed by atoms with van der Waals surface area (Å²) in [5, 5.41) is 6.49. The van der Waals surface area contributed by atoms with Crippen LogP contribution >= 0.6 is 11.8 Å². The fourth-order valence-corrected chi connectivity index (χ4v) is 1.82. The summed E-state index contributed by atoms with van der Waals surface area (Å²) in [5.74, 6) is 4.74. The smallest absolute Gasteiger partial charge is 0.335 e. The Bertz CT molecular complexity index is 323. The van der Waals surface area contributed by atoms with Crippen LogP contribution in [0.25, 0.3) is 0 Å². The maximum atomic E-state index is 12.2. The fraction of sp³-hybridized carbons (Fsp3) is 0.714. The molecule has 86 valence electrons. The quantitative estimate of drug-likeness (QED) is 0.496. The summed E-state index contributed by atoms with van der Waals surface area (Å²) in [6.45, 7) is 1.99. The van der Waals surface area contributed by atoms with Crippen molar-refractivity contribution in [1.29, 1.82) is 0 Å². The third-order valence-corrected chi connectivity index (χ3v) is 2.68. The third-order valence-electron chi connectivity index (χ3n) is 1.65. The molecule has 0 aliphatic rings. The van der Waals surface area contributed by atoms with Crippen LogP contribution in [0.5, 0.6) is 0 Å². The van der Waals surface area contributed by atoms with Crippen LogP contribution in [0.2, 0.25) is 0 Å². The predicted octanol–water partition coefficient (Wildman–Crippen LogP) is 1.90. The highest BCUT2D eigenvalue weighted by molar-refractivity contribution is 7.99. The first-order chi connectivity index (χ1) is 6.96. The lowest BCUT2D eigenvalue weighted by Gasteiger charge is -2.05. The maximum absolute atomic E-state index is 12.2. The van der Waals surface area contributed by atoms with Crippen LogP contribution < -0.4 is 5.84 Å². The molecule has 0 radical (unpaired) electrons. The number of halogens is 3. The second-order valence-electron chi connectivity index (χ2n) is 2.88. The number of nitrogens with two attached hydrogens (primary N) is 1. The van der Waals surface area contributed by atoms with Crippen LogP contribution in [-0.4, -0.2) is 20.6 Å². The summed E-state index contributed by atoms with van der Waals surface area (Å²) in [7, 11) is 0. The van der Waals surface area contributed by atoms with Crippen molar-refractivity contribution >= 4 is 11.8 Å². The molecule has 15 heavy (non-hydrogen) atoms. The molecule has 0 unspecified atom stereocenters. The zero-order valence-electron chi connectivity index (χ0n) is 8.08. The van der Waals surface area contributed by atoms with Crippen molar-refractivity contribution in [2.45, 2.75) is 31.1 Å². The van der Waals surface area contributed by atoms with Crippen LogP contribution in [0.3, 0.4) is 0 Å². The number of unbranched alkanes of at least 4 members (excludes halogenated alkanes) is 1. The van der Waals surface area contributed by atoms with Crippen LogP contribution in [0.4, 0.5) is 13.2 Å². The molecule has 1 heterocycles. The van der Waals surface area contributed by atoms with Crippen molar-refractivity contribution in [2.24, 2.45) is 0 Å². The Labute approximate surface area is 89.0 Å². The molecule has 8 heteroatoms. The molecule has 0 saturated heterocycles. The van der Waals surface area contributed by atoms with Gasteiger partial charge in [0.2, 0.25) is 5.16 Å². The Hall–Kier alpha value is -0.920. The molecule has 0 spiro atoms. The molecule has 0 amide bonds. The molecule has 4 nitrogen and oxygen atoms in total. The minimum absolute atomic E-state index is 0.0933. The van der Waals surface area contributed by atoms with Crippen LogP contribution in [0.15, 0.2) is 5.16 Å². The number of hydrogen-bond acceptors (Lipinski definition) is 4. The van der Waals surface area contributed by atoms with E-state index in [9.17, 15) is 13.2 Å². The van der Waals surface area contributed by atoms with E-state index in [2.05, 4.69) is 10.2 Å². The molecule has 2 N–H and O–H groups in total. The maximum Gasteiger partial charge on any atom is 0.453 e. The predicted molar refractivity (Wildman–Crippen MR) is 50.8 cm³/mol. The standard InChI is InChI=1S/C7H11F3N4S/c1-2-3-4-15-6-13-12-5(14(6)11)7(8,9)10/h2-4,11H2,1H3. The van der Waals surface area contributed by atoms with Gasteiger partial charge in [-0.2, -0.15) is 13.2 Å². The topological polar surface area (TPSA) is 56.7 Å². The van der Waals surface area contributed by atoms with Gasteiger partial charge >= 0.3 is 6.18 Å². The zero-order chi connectivity index (χ0) is 11.5. The number of rotatable bonds is 4. The fourth-order valence-electron chi connectivity index (χ4n) is 0.877. The van der Waals surface area contributed by atoms with E-state index in [1.165, 1.54) is 11.8 Å². The first-order valence-corrected chi connectivity index (χ1v) is 5.36. The van der Waals surface area contributed by atoms with E-state index >= 15 is 0 Å². The molecule has 0 aliphatic heterocycles. The highest BCUT2D eigenvalue weighted by Gasteiger charge is 2.38. The largest absolute Gasteiger partial charge is 0.453 e. The Kier molecular flexibility index (Phi) is 3.83. The van der Waals surface area contributed by atoms with E-state index in [1.54, 1.807) is 0 Å². The van der Waals surface area contributed by atoms with E-state index in [0.29, 0.717) is 10.4 Å². The number of hydrogen-bond donors (Lipinski definition) is 1. The van der Waals surface area contributed by atoms with Crippen LogP contribution in [-0.2, 0) is 6.18 Å². The highest BCUT2D eigenvalue weighted by Crippen LogP contribution is 2.28. The second-order valence-corrected chi connectivity index (χ2v) is 3.94. The number of nitrogen functional groups attached to an aromatic ring is 1. The lowest BCUT2D eigenvalue weighted by molar-refractivity contribution is -0.146. The molecule has 1 rings (SSSR count). The lowest BCUT2D eigenvalue weighted by Crippen LogP contribution is -2.21. The SMILES string of the molecule is CCCCSc1nnc(C(F)(F)F)n1N. The van der Waals surface area contributed by atoms with Gasteiger partial charge in [0.05, 0.1) is 0 Å². The number of thioether (sulfide) groups is 1. The van der Waals surface area contributed by atoms with Gasteiger partial charge in [0.25, 0.3) is 5.82 Å². The summed E-state index contributed by atoms with van der Waals surface area (Å²) in [6.07, 6.45) is -2.68. The van der Waals surface area contributed by atoms with Crippen molar-refractivity contribution in [1.82, 2.24) is 14.9 Å². The third kappa shape index (κ3) is 3.01. The Morgan fingerprint density at radius 2 is 2.07 bits per heavy atom. The van der Waals surface area contributed by atoms with Gasteiger partial charge in [-0.15, -0.1) is 10.2 Å². The highest BCUT2D eigenvalue weighted by atomic mass is 32.2. The average molecular weight is 240 g/mol. The summed E-state index contributed by atoms with van der Waals surface area (Å²) in [4.78, 5) is 0. The normalized spacial score (nSPS) is 12.0. The molecular formula is C7H11F3N4S. The first kappa shape index (κ1) is 12.2. The minimum atomic E-state index is -4.55. The zero-order valence-corrected chi connectivity index (χ0v) is 8.90. The molecule has 0 saturated carbocycles. The second kappa shape index (κ2) is 4.73.